The lowest BCUT2D eigenvalue weighted by Crippen LogP contribution is -2.07. The summed E-state index contributed by atoms with van der Waals surface area (Å²) in [6.45, 7) is 1.84. The van der Waals surface area contributed by atoms with Crippen molar-refractivity contribution in [2.45, 2.75) is 19.5 Å². The highest BCUT2D eigenvalue weighted by atomic mass is 79.9. The minimum atomic E-state index is -4.48. The van der Waals surface area contributed by atoms with Crippen LogP contribution >= 0.6 is 15.9 Å². The summed E-state index contributed by atoms with van der Waals surface area (Å²) in [5.74, 6) is 0.270. The molecule has 2 rings (SSSR count). The summed E-state index contributed by atoms with van der Waals surface area (Å²) in [4.78, 5) is 8.11. The van der Waals surface area contributed by atoms with Crippen LogP contribution in [0.4, 0.5) is 13.2 Å². The first-order valence-corrected chi connectivity index (χ1v) is 6.57. The van der Waals surface area contributed by atoms with E-state index in [4.69, 9.17) is 4.74 Å². The van der Waals surface area contributed by atoms with Crippen LogP contribution in [0, 0.1) is 0 Å². The molecule has 0 unspecified atom stereocenters. The molecule has 0 atom stereocenters. The molecule has 0 bridgehead atoms. The molecule has 0 spiro atoms. The first-order chi connectivity index (χ1) is 9.40. The average Bonchev–Trinajstić information content (AvgIpc) is 2.37. The third-order valence-electron chi connectivity index (χ3n) is 2.44. The van der Waals surface area contributed by atoms with Gasteiger partial charge in [-0.2, -0.15) is 18.2 Å². The van der Waals surface area contributed by atoms with Gasteiger partial charge in [0.1, 0.15) is 16.2 Å². The molecule has 0 radical (unpaired) electrons. The van der Waals surface area contributed by atoms with E-state index < -0.39 is 11.7 Å². The van der Waals surface area contributed by atoms with Crippen molar-refractivity contribution in [3.05, 3.63) is 46.3 Å². The number of halogens is 4. The molecule has 0 fully saturated rings. The van der Waals surface area contributed by atoms with E-state index in [1.54, 1.807) is 0 Å². The van der Waals surface area contributed by atoms with Crippen LogP contribution in [0.3, 0.4) is 0 Å². The normalized spacial score (nSPS) is 11.4. The summed E-state index contributed by atoms with van der Waals surface area (Å²) in [6, 6.07) is 6.42. The molecule has 0 N–H and O–H groups in total. The van der Waals surface area contributed by atoms with E-state index in [-0.39, 0.29) is 11.6 Å². The number of aromatic nitrogens is 2. The second kappa shape index (κ2) is 5.78. The number of benzene rings is 1. The SMILES string of the molecule is CCc1nc(Br)cc(Oc2ccccc2C(F)(F)F)n1. The number of alkyl halides is 3. The molecule has 2 aromatic rings. The van der Waals surface area contributed by atoms with Gasteiger partial charge in [-0.25, -0.2) is 4.98 Å². The molecule has 0 amide bonds. The van der Waals surface area contributed by atoms with Gasteiger partial charge in [0.2, 0.25) is 5.88 Å². The predicted molar refractivity (Wildman–Crippen MR) is 70.6 cm³/mol. The van der Waals surface area contributed by atoms with E-state index in [0.29, 0.717) is 16.8 Å². The smallest absolute Gasteiger partial charge is 0.419 e. The van der Waals surface area contributed by atoms with E-state index in [0.717, 1.165) is 6.07 Å². The van der Waals surface area contributed by atoms with Gasteiger partial charge < -0.3 is 4.74 Å². The molecule has 0 aliphatic rings. The van der Waals surface area contributed by atoms with Gasteiger partial charge in [0.25, 0.3) is 0 Å². The van der Waals surface area contributed by atoms with Crippen molar-refractivity contribution in [1.29, 1.82) is 0 Å². The first kappa shape index (κ1) is 14.8. The first-order valence-electron chi connectivity index (χ1n) is 5.77. The molecular weight excluding hydrogens is 337 g/mol. The zero-order chi connectivity index (χ0) is 14.8. The van der Waals surface area contributed by atoms with E-state index in [1.807, 2.05) is 6.92 Å². The van der Waals surface area contributed by atoms with Gasteiger partial charge in [0.15, 0.2) is 0 Å². The van der Waals surface area contributed by atoms with E-state index >= 15 is 0 Å². The van der Waals surface area contributed by atoms with Gasteiger partial charge >= 0.3 is 6.18 Å². The Morgan fingerprint density at radius 2 is 1.90 bits per heavy atom. The zero-order valence-electron chi connectivity index (χ0n) is 10.4. The number of aryl methyl sites for hydroxylation is 1. The summed E-state index contributed by atoms with van der Waals surface area (Å²) < 4.78 is 44.3. The summed E-state index contributed by atoms with van der Waals surface area (Å²) in [5, 5.41) is 0. The fourth-order valence-corrected chi connectivity index (χ4v) is 1.96. The highest BCUT2D eigenvalue weighted by Crippen LogP contribution is 2.37. The monoisotopic (exact) mass is 346 g/mol. The molecule has 1 aromatic carbocycles. The van der Waals surface area contributed by atoms with Crippen molar-refractivity contribution < 1.29 is 17.9 Å². The fourth-order valence-electron chi connectivity index (χ4n) is 1.55. The molecule has 0 saturated heterocycles. The van der Waals surface area contributed by atoms with Crippen LogP contribution < -0.4 is 4.74 Å². The van der Waals surface area contributed by atoms with E-state index in [2.05, 4.69) is 25.9 Å². The standard InChI is InChI=1S/C13H10BrF3N2O/c1-2-11-18-10(14)7-12(19-11)20-9-6-4-3-5-8(9)13(15,16)17/h3-7H,2H2,1H3. The van der Waals surface area contributed by atoms with E-state index in [9.17, 15) is 13.2 Å². The van der Waals surface area contributed by atoms with Crippen LogP contribution in [0.5, 0.6) is 11.6 Å². The number of ether oxygens (including phenoxy) is 1. The molecule has 0 saturated carbocycles. The number of nitrogens with zero attached hydrogens (tertiary/aromatic N) is 2. The van der Waals surface area contributed by atoms with Crippen molar-refractivity contribution in [1.82, 2.24) is 9.97 Å². The zero-order valence-corrected chi connectivity index (χ0v) is 12.0. The van der Waals surface area contributed by atoms with Gasteiger partial charge in [-0.05, 0) is 28.1 Å². The van der Waals surface area contributed by atoms with Gasteiger partial charge in [-0.15, -0.1) is 0 Å². The van der Waals surface area contributed by atoms with Crippen molar-refractivity contribution in [3.63, 3.8) is 0 Å². The Bertz CT molecular complexity index is 617. The van der Waals surface area contributed by atoms with Gasteiger partial charge in [-0.3, -0.25) is 0 Å². The number of hydrogen-bond acceptors (Lipinski definition) is 3. The maximum Gasteiger partial charge on any atom is 0.419 e. The van der Waals surface area contributed by atoms with Crippen molar-refractivity contribution >= 4 is 15.9 Å². The summed E-state index contributed by atoms with van der Waals surface area (Å²) >= 11 is 3.17. The molecule has 0 aliphatic carbocycles. The third-order valence-corrected chi connectivity index (χ3v) is 2.85. The van der Waals surface area contributed by atoms with Crippen LogP contribution in [0.1, 0.15) is 18.3 Å². The molecule has 20 heavy (non-hydrogen) atoms. The Labute approximate surface area is 122 Å². The quantitative estimate of drug-likeness (QED) is 0.761. The number of para-hydroxylation sites is 1. The lowest BCUT2D eigenvalue weighted by molar-refractivity contribution is -0.138. The van der Waals surface area contributed by atoms with Crippen molar-refractivity contribution in [2.24, 2.45) is 0 Å². The average molecular weight is 347 g/mol. The Kier molecular flexibility index (Phi) is 4.27. The largest absolute Gasteiger partial charge is 0.438 e. The molecule has 1 heterocycles. The van der Waals surface area contributed by atoms with Crippen LogP contribution in [0.25, 0.3) is 0 Å². The van der Waals surface area contributed by atoms with Crippen molar-refractivity contribution in [3.8, 4) is 11.6 Å². The lowest BCUT2D eigenvalue weighted by Gasteiger charge is -2.13. The summed E-state index contributed by atoms with van der Waals surface area (Å²) in [6.07, 6.45) is -3.93. The Hall–Kier alpha value is -1.63. The topological polar surface area (TPSA) is 35.0 Å². The molecule has 3 nitrogen and oxygen atoms in total. The third kappa shape index (κ3) is 3.47. The maximum atomic E-state index is 12.9. The second-order valence-electron chi connectivity index (χ2n) is 3.89. The van der Waals surface area contributed by atoms with Crippen molar-refractivity contribution in [2.75, 3.05) is 0 Å². The Morgan fingerprint density at radius 1 is 1.20 bits per heavy atom. The molecule has 106 valence electrons. The predicted octanol–water partition coefficient (Wildman–Crippen LogP) is 4.61. The van der Waals surface area contributed by atoms with Crippen LogP contribution in [-0.2, 0) is 12.6 Å². The molecule has 1 aromatic heterocycles. The molecular formula is C13H10BrF3N2O. The lowest BCUT2D eigenvalue weighted by atomic mass is 10.2. The summed E-state index contributed by atoms with van der Waals surface area (Å²) in [7, 11) is 0. The number of hydrogen-bond donors (Lipinski definition) is 0. The van der Waals surface area contributed by atoms with Gasteiger partial charge in [0, 0.05) is 12.5 Å². The minimum Gasteiger partial charge on any atom is -0.438 e. The molecule has 7 heteroatoms. The Balaban J connectivity index is 2.38. The van der Waals surface area contributed by atoms with Crippen LogP contribution in [-0.4, -0.2) is 9.97 Å². The summed E-state index contributed by atoms with van der Waals surface area (Å²) in [5.41, 5.74) is -0.840. The van der Waals surface area contributed by atoms with Crippen LogP contribution in [0.15, 0.2) is 34.9 Å². The maximum absolute atomic E-state index is 12.9. The second-order valence-corrected chi connectivity index (χ2v) is 4.71. The Morgan fingerprint density at radius 3 is 2.55 bits per heavy atom. The highest BCUT2D eigenvalue weighted by Gasteiger charge is 2.34. The van der Waals surface area contributed by atoms with E-state index in [1.165, 1.54) is 24.3 Å². The minimum absolute atomic E-state index is 0.0698. The number of rotatable bonds is 3. The highest BCUT2D eigenvalue weighted by molar-refractivity contribution is 9.10. The van der Waals surface area contributed by atoms with Gasteiger partial charge in [-0.1, -0.05) is 19.1 Å². The van der Waals surface area contributed by atoms with Crippen LogP contribution in [0.2, 0.25) is 0 Å². The van der Waals surface area contributed by atoms with Gasteiger partial charge in [0.05, 0.1) is 5.56 Å². The fraction of sp³-hybridized carbons (Fsp3) is 0.231. The molecule has 0 aliphatic heterocycles.